The van der Waals surface area contributed by atoms with Crippen molar-refractivity contribution in [1.82, 2.24) is 20.4 Å². The maximum atomic E-state index is 11.9. The van der Waals surface area contributed by atoms with Crippen molar-refractivity contribution in [1.29, 1.82) is 0 Å². The SMILES string of the molecule is Cn1cc([C@@H]2NC(=O)CC[C@H]2N[C@H]2CCC[C@@H](C3CC3)C2)cn1. The van der Waals surface area contributed by atoms with Crippen molar-refractivity contribution in [2.24, 2.45) is 18.9 Å². The van der Waals surface area contributed by atoms with Crippen LogP contribution >= 0.6 is 0 Å². The fourth-order valence-corrected chi connectivity index (χ4v) is 4.57. The molecule has 2 heterocycles. The molecule has 0 aromatic carbocycles. The van der Waals surface area contributed by atoms with Crippen LogP contribution in [0.3, 0.4) is 0 Å². The summed E-state index contributed by atoms with van der Waals surface area (Å²) >= 11 is 0. The van der Waals surface area contributed by atoms with Gasteiger partial charge >= 0.3 is 0 Å². The molecular weight excluding hydrogens is 288 g/mol. The number of hydrogen-bond acceptors (Lipinski definition) is 3. The number of carbonyl (C=O) groups excluding carboxylic acids is 1. The Morgan fingerprint density at radius 2 is 2.09 bits per heavy atom. The molecule has 1 amide bonds. The molecule has 5 nitrogen and oxygen atoms in total. The van der Waals surface area contributed by atoms with Crippen molar-refractivity contribution < 1.29 is 4.79 Å². The minimum absolute atomic E-state index is 0.0613. The maximum Gasteiger partial charge on any atom is 0.220 e. The Labute approximate surface area is 138 Å². The Morgan fingerprint density at radius 1 is 1.22 bits per heavy atom. The number of nitrogens with zero attached hydrogens (tertiary/aromatic N) is 2. The molecule has 23 heavy (non-hydrogen) atoms. The maximum absolute atomic E-state index is 11.9. The van der Waals surface area contributed by atoms with Gasteiger partial charge in [0.2, 0.25) is 5.91 Å². The molecule has 0 unspecified atom stereocenters. The van der Waals surface area contributed by atoms with Crippen LogP contribution in [0, 0.1) is 11.8 Å². The van der Waals surface area contributed by atoms with E-state index in [1.165, 1.54) is 38.5 Å². The summed E-state index contributed by atoms with van der Waals surface area (Å²) in [4.78, 5) is 11.9. The molecule has 0 spiro atoms. The van der Waals surface area contributed by atoms with Crippen molar-refractivity contribution in [3.8, 4) is 0 Å². The Hall–Kier alpha value is -1.36. The first-order valence-electron chi connectivity index (χ1n) is 9.23. The van der Waals surface area contributed by atoms with E-state index in [1.807, 2.05) is 24.1 Å². The van der Waals surface area contributed by atoms with Gasteiger partial charge in [-0.25, -0.2) is 0 Å². The monoisotopic (exact) mass is 316 g/mol. The van der Waals surface area contributed by atoms with Gasteiger partial charge in [-0.2, -0.15) is 5.10 Å². The Kier molecular flexibility index (Phi) is 4.14. The van der Waals surface area contributed by atoms with Gasteiger partial charge in [-0.05, 0) is 43.9 Å². The summed E-state index contributed by atoms with van der Waals surface area (Å²) in [6.45, 7) is 0. The largest absolute Gasteiger partial charge is 0.348 e. The Bertz CT molecular complexity index is 565. The van der Waals surface area contributed by atoms with Crippen LogP contribution in [-0.2, 0) is 11.8 Å². The highest BCUT2D eigenvalue weighted by Crippen LogP contribution is 2.44. The Balaban J connectivity index is 1.43. The molecule has 3 aliphatic rings. The van der Waals surface area contributed by atoms with Crippen molar-refractivity contribution in [3.63, 3.8) is 0 Å². The van der Waals surface area contributed by atoms with Crippen molar-refractivity contribution in [3.05, 3.63) is 18.0 Å². The minimum Gasteiger partial charge on any atom is -0.348 e. The lowest BCUT2D eigenvalue weighted by molar-refractivity contribution is -0.124. The predicted molar refractivity (Wildman–Crippen MR) is 88.7 cm³/mol. The summed E-state index contributed by atoms with van der Waals surface area (Å²) in [6.07, 6.45) is 13.8. The first-order chi connectivity index (χ1) is 11.2. The van der Waals surface area contributed by atoms with Gasteiger partial charge in [0.15, 0.2) is 0 Å². The molecule has 1 aliphatic heterocycles. The summed E-state index contributed by atoms with van der Waals surface area (Å²) < 4.78 is 1.82. The molecule has 2 N–H and O–H groups in total. The molecule has 1 aromatic rings. The van der Waals surface area contributed by atoms with Crippen LogP contribution in [0.25, 0.3) is 0 Å². The topological polar surface area (TPSA) is 59.0 Å². The van der Waals surface area contributed by atoms with E-state index in [2.05, 4.69) is 15.7 Å². The van der Waals surface area contributed by atoms with E-state index in [4.69, 9.17) is 0 Å². The standard InChI is InChI=1S/C18H28N4O/c1-22-11-14(10-19-22)18-16(7-8-17(23)21-18)20-15-4-2-3-13(9-15)12-5-6-12/h10-13,15-16,18,20H,2-9H2,1H3,(H,21,23)/t13-,15+,16-,18+/m1/s1. The molecule has 3 fully saturated rings. The third-order valence-corrected chi connectivity index (χ3v) is 5.94. The van der Waals surface area contributed by atoms with Crippen LogP contribution in [0.5, 0.6) is 0 Å². The van der Waals surface area contributed by atoms with Gasteiger partial charge in [-0.3, -0.25) is 9.48 Å². The molecular formula is C18H28N4O. The average Bonchev–Trinajstić information content (AvgIpc) is 3.31. The van der Waals surface area contributed by atoms with Crippen molar-refractivity contribution in [2.75, 3.05) is 0 Å². The van der Waals surface area contributed by atoms with E-state index in [1.54, 1.807) is 0 Å². The molecule has 2 aliphatic carbocycles. The minimum atomic E-state index is 0.0613. The van der Waals surface area contributed by atoms with Gasteiger partial charge in [0, 0.05) is 37.3 Å². The molecule has 4 rings (SSSR count). The van der Waals surface area contributed by atoms with Gasteiger partial charge in [0.05, 0.1) is 12.2 Å². The molecule has 1 saturated heterocycles. The van der Waals surface area contributed by atoms with Crippen LogP contribution in [0.4, 0.5) is 0 Å². The van der Waals surface area contributed by atoms with Gasteiger partial charge in [0.1, 0.15) is 0 Å². The zero-order valence-corrected chi connectivity index (χ0v) is 14.0. The highest BCUT2D eigenvalue weighted by molar-refractivity contribution is 5.77. The number of nitrogens with one attached hydrogen (secondary N) is 2. The van der Waals surface area contributed by atoms with E-state index in [-0.39, 0.29) is 11.9 Å². The number of hydrogen-bond donors (Lipinski definition) is 2. The average molecular weight is 316 g/mol. The van der Waals surface area contributed by atoms with E-state index < -0.39 is 0 Å². The summed E-state index contributed by atoms with van der Waals surface area (Å²) in [5.74, 6) is 2.12. The highest BCUT2D eigenvalue weighted by atomic mass is 16.1. The van der Waals surface area contributed by atoms with Gasteiger partial charge in [-0.1, -0.05) is 12.8 Å². The smallest absolute Gasteiger partial charge is 0.220 e. The number of rotatable bonds is 4. The fourth-order valence-electron chi connectivity index (χ4n) is 4.57. The van der Waals surface area contributed by atoms with E-state index in [9.17, 15) is 4.79 Å². The first kappa shape index (κ1) is 15.2. The molecule has 4 atom stereocenters. The zero-order valence-electron chi connectivity index (χ0n) is 14.0. The van der Waals surface area contributed by atoms with Crippen LogP contribution in [0.15, 0.2) is 12.4 Å². The first-order valence-corrected chi connectivity index (χ1v) is 9.23. The predicted octanol–water partition coefficient (Wildman–Crippen LogP) is 2.30. The third-order valence-electron chi connectivity index (χ3n) is 5.94. The van der Waals surface area contributed by atoms with Crippen molar-refractivity contribution >= 4 is 5.91 Å². The lowest BCUT2D eigenvalue weighted by Crippen LogP contribution is -2.52. The molecule has 2 saturated carbocycles. The second-order valence-electron chi connectivity index (χ2n) is 7.77. The molecule has 0 radical (unpaired) electrons. The number of carbonyl (C=O) groups is 1. The molecule has 1 aromatic heterocycles. The molecule has 0 bridgehead atoms. The van der Waals surface area contributed by atoms with Crippen LogP contribution < -0.4 is 10.6 Å². The Morgan fingerprint density at radius 3 is 2.83 bits per heavy atom. The number of aromatic nitrogens is 2. The molecule has 126 valence electrons. The lowest BCUT2D eigenvalue weighted by atomic mass is 9.81. The molecule has 5 heteroatoms. The number of aryl methyl sites for hydroxylation is 1. The van der Waals surface area contributed by atoms with Crippen LogP contribution in [-0.4, -0.2) is 27.8 Å². The van der Waals surface area contributed by atoms with E-state index in [0.717, 1.165) is 23.8 Å². The van der Waals surface area contributed by atoms with E-state index in [0.29, 0.717) is 18.5 Å². The van der Waals surface area contributed by atoms with Gasteiger partial charge in [0.25, 0.3) is 0 Å². The second-order valence-corrected chi connectivity index (χ2v) is 7.77. The number of amides is 1. The highest BCUT2D eigenvalue weighted by Gasteiger charge is 2.37. The number of piperidine rings is 1. The lowest BCUT2D eigenvalue weighted by Gasteiger charge is -2.38. The van der Waals surface area contributed by atoms with Gasteiger partial charge in [-0.15, -0.1) is 0 Å². The summed E-state index contributed by atoms with van der Waals surface area (Å²) in [5, 5.41) is 11.4. The van der Waals surface area contributed by atoms with Crippen LogP contribution in [0.1, 0.15) is 63.0 Å². The summed E-state index contributed by atoms with van der Waals surface area (Å²) in [5.41, 5.74) is 1.12. The quantitative estimate of drug-likeness (QED) is 0.896. The van der Waals surface area contributed by atoms with E-state index >= 15 is 0 Å². The summed E-state index contributed by atoms with van der Waals surface area (Å²) in [7, 11) is 1.93. The third kappa shape index (κ3) is 3.44. The normalized spacial score (nSPS) is 35.1. The summed E-state index contributed by atoms with van der Waals surface area (Å²) in [6, 6.07) is 1.01. The second kappa shape index (κ2) is 6.27. The van der Waals surface area contributed by atoms with Crippen LogP contribution in [0.2, 0.25) is 0 Å². The zero-order chi connectivity index (χ0) is 15.8. The van der Waals surface area contributed by atoms with Crippen molar-refractivity contribution in [2.45, 2.75) is 69.5 Å². The fraction of sp³-hybridized carbons (Fsp3) is 0.778. The van der Waals surface area contributed by atoms with Gasteiger partial charge < -0.3 is 10.6 Å².